The number of carbonyl (C=O) groups is 1. The highest BCUT2D eigenvalue weighted by Crippen LogP contribution is 2.49. The molecule has 1 aromatic heterocycles. The molecule has 5 rings (SSSR count). The third kappa shape index (κ3) is 2.80. The average Bonchev–Trinajstić information content (AvgIpc) is 3.21. The summed E-state index contributed by atoms with van der Waals surface area (Å²) in [4.78, 5) is 24.5. The van der Waals surface area contributed by atoms with Crippen LogP contribution in [0.2, 0.25) is 5.02 Å². The van der Waals surface area contributed by atoms with Crippen LogP contribution >= 0.6 is 11.6 Å². The van der Waals surface area contributed by atoms with Crippen molar-refractivity contribution in [1.82, 2.24) is 9.97 Å². The summed E-state index contributed by atoms with van der Waals surface area (Å²) in [6.45, 7) is 3.87. The van der Waals surface area contributed by atoms with Crippen LogP contribution < -0.4 is 10.2 Å². The molecule has 6 heteroatoms. The Kier molecular flexibility index (Phi) is 4.10. The van der Waals surface area contributed by atoms with E-state index in [9.17, 15) is 4.79 Å². The molecule has 0 radical (unpaired) electrons. The average molecular weight is 405 g/mol. The van der Waals surface area contributed by atoms with Gasteiger partial charge >= 0.3 is 0 Å². The molecular weight excluding hydrogens is 384 g/mol. The number of para-hydroxylation sites is 1. The second kappa shape index (κ2) is 6.56. The highest BCUT2D eigenvalue weighted by atomic mass is 35.5. The van der Waals surface area contributed by atoms with Crippen molar-refractivity contribution < 1.29 is 4.79 Å². The first kappa shape index (κ1) is 18.1. The zero-order valence-electron chi connectivity index (χ0n) is 16.3. The largest absolute Gasteiger partial charge is 0.324 e. The van der Waals surface area contributed by atoms with Gasteiger partial charge in [-0.25, -0.2) is 4.98 Å². The number of fused-ring (bicyclic) bond motifs is 2. The number of nitrogens with zero attached hydrogens (tertiary/aromatic N) is 3. The Morgan fingerprint density at radius 2 is 1.93 bits per heavy atom. The number of benzene rings is 2. The van der Waals surface area contributed by atoms with Crippen molar-refractivity contribution in [2.24, 2.45) is 0 Å². The van der Waals surface area contributed by atoms with Gasteiger partial charge in [-0.1, -0.05) is 41.9 Å². The minimum Gasteiger partial charge on any atom is -0.324 e. The topological polar surface area (TPSA) is 58.1 Å². The minimum absolute atomic E-state index is 0.0384. The molecule has 0 fully saturated rings. The fourth-order valence-corrected chi connectivity index (χ4v) is 4.70. The number of aromatic nitrogens is 2. The van der Waals surface area contributed by atoms with Gasteiger partial charge in [0.1, 0.15) is 5.82 Å². The molecule has 1 unspecified atom stereocenters. The van der Waals surface area contributed by atoms with Crippen LogP contribution in [0.25, 0.3) is 0 Å². The third-order valence-electron chi connectivity index (χ3n) is 5.93. The molecule has 2 aliphatic rings. The molecule has 0 saturated heterocycles. The van der Waals surface area contributed by atoms with Gasteiger partial charge in [0.15, 0.2) is 0 Å². The van der Waals surface area contributed by atoms with Crippen molar-refractivity contribution in [3.8, 4) is 0 Å². The monoisotopic (exact) mass is 404 g/mol. The van der Waals surface area contributed by atoms with Crippen molar-refractivity contribution in [3.63, 3.8) is 0 Å². The summed E-state index contributed by atoms with van der Waals surface area (Å²) in [5.74, 6) is 1.19. The van der Waals surface area contributed by atoms with Crippen LogP contribution in [0.1, 0.15) is 43.0 Å². The Labute approximate surface area is 174 Å². The van der Waals surface area contributed by atoms with Crippen molar-refractivity contribution in [1.29, 1.82) is 0 Å². The van der Waals surface area contributed by atoms with Crippen molar-refractivity contribution >= 4 is 35.0 Å². The molecular formula is C23H21ClN4O. The number of halogens is 1. The SMILES string of the molecule is CC1(C)C(=O)N(C2CCc3cccc(Cl)c32)c2nc(Nc3ccccc3)ncc21. The van der Waals surface area contributed by atoms with E-state index in [4.69, 9.17) is 16.6 Å². The van der Waals surface area contributed by atoms with Crippen LogP contribution in [0.4, 0.5) is 17.5 Å². The van der Waals surface area contributed by atoms with E-state index in [2.05, 4.69) is 16.4 Å². The number of aryl methyl sites for hydroxylation is 1. The Balaban J connectivity index is 1.59. The van der Waals surface area contributed by atoms with Crippen LogP contribution in [0.5, 0.6) is 0 Å². The highest BCUT2D eigenvalue weighted by molar-refractivity contribution is 6.31. The standard InChI is InChI=1S/C23H21ClN4O/c1-23(2)16-13-25-22(26-15-8-4-3-5-9-15)27-20(16)28(21(23)29)18-12-11-14-7-6-10-17(24)19(14)18/h3-10,13,18H,11-12H2,1-2H3,(H,25,26,27). The molecule has 0 bridgehead atoms. The Bertz CT molecular complexity index is 1110. The number of hydrogen-bond donors (Lipinski definition) is 1. The van der Waals surface area contributed by atoms with E-state index in [1.54, 1.807) is 6.20 Å². The van der Waals surface area contributed by atoms with Crippen molar-refractivity contribution in [3.05, 3.63) is 76.4 Å². The second-order valence-electron chi connectivity index (χ2n) is 8.09. The van der Waals surface area contributed by atoms with Crippen LogP contribution in [-0.4, -0.2) is 15.9 Å². The summed E-state index contributed by atoms with van der Waals surface area (Å²) in [5, 5.41) is 3.94. The molecule has 1 atom stereocenters. The molecule has 29 heavy (non-hydrogen) atoms. The van der Waals surface area contributed by atoms with Crippen molar-refractivity contribution in [2.75, 3.05) is 10.2 Å². The smallest absolute Gasteiger partial charge is 0.239 e. The maximum atomic E-state index is 13.5. The van der Waals surface area contributed by atoms with E-state index >= 15 is 0 Å². The zero-order chi connectivity index (χ0) is 20.2. The normalized spacial score (nSPS) is 19.2. The quantitative estimate of drug-likeness (QED) is 0.653. The van der Waals surface area contributed by atoms with E-state index in [1.807, 2.05) is 61.2 Å². The lowest BCUT2D eigenvalue weighted by Crippen LogP contribution is -2.38. The lowest BCUT2D eigenvalue weighted by atomic mass is 9.88. The van der Waals surface area contributed by atoms with Crippen LogP contribution in [-0.2, 0) is 16.6 Å². The fourth-order valence-electron chi connectivity index (χ4n) is 4.38. The van der Waals surface area contributed by atoms with Gasteiger partial charge < -0.3 is 5.32 Å². The Morgan fingerprint density at radius 1 is 1.14 bits per heavy atom. The van der Waals surface area contributed by atoms with Gasteiger partial charge in [0, 0.05) is 22.5 Å². The molecule has 0 spiro atoms. The number of carbonyl (C=O) groups excluding carboxylic acids is 1. The molecule has 146 valence electrons. The number of hydrogen-bond acceptors (Lipinski definition) is 4. The van der Waals surface area contributed by atoms with Gasteiger partial charge in [-0.15, -0.1) is 0 Å². The van der Waals surface area contributed by atoms with Gasteiger partial charge in [-0.3, -0.25) is 9.69 Å². The Hall–Kier alpha value is -2.92. The van der Waals surface area contributed by atoms with Gasteiger partial charge in [0.25, 0.3) is 0 Å². The third-order valence-corrected chi connectivity index (χ3v) is 6.26. The first-order valence-electron chi connectivity index (χ1n) is 9.77. The summed E-state index contributed by atoms with van der Waals surface area (Å²) in [5.41, 5.74) is 3.32. The van der Waals surface area contributed by atoms with Crippen LogP contribution in [0, 0.1) is 0 Å². The summed E-state index contributed by atoms with van der Waals surface area (Å²) in [6, 6.07) is 15.6. The first-order chi connectivity index (χ1) is 14.0. The lowest BCUT2D eigenvalue weighted by Gasteiger charge is -2.27. The number of nitrogens with one attached hydrogen (secondary N) is 1. The molecule has 1 amide bonds. The van der Waals surface area contributed by atoms with Gasteiger partial charge in [-0.05, 0) is 56.0 Å². The number of rotatable bonds is 3. The summed E-state index contributed by atoms with van der Waals surface area (Å²) < 4.78 is 0. The van der Waals surface area contributed by atoms with Gasteiger partial charge in [-0.2, -0.15) is 4.98 Å². The van der Waals surface area contributed by atoms with E-state index in [0.717, 1.165) is 29.7 Å². The Morgan fingerprint density at radius 3 is 2.72 bits per heavy atom. The lowest BCUT2D eigenvalue weighted by molar-refractivity contribution is -0.122. The summed E-state index contributed by atoms with van der Waals surface area (Å²) in [6.07, 6.45) is 3.51. The van der Waals surface area contributed by atoms with E-state index in [-0.39, 0.29) is 11.9 Å². The molecule has 1 aliphatic carbocycles. The summed E-state index contributed by atoms with van der Waals surface area (Å²) >= 11 is 6.54. The molecule has 5 nitrogen and oxygen atoms in total. The van der Waals surface area contributed by atoms with E-state index in [0.29, 0.717) is 16.8 Å². The summed E-state index contributed by atoms with van der Waals surface area (Å²) in [7, 11) is 0. The molecule has 0 saturated carbocycles. The van der Waals surface area contributed by atoms with Gasteiger partial charge in [0.2, 0.25) is 11.9 Å². The van der Waals surface area contributed by atoms with E-state index < -0.39 is 5.41 Å². The first-order valence-corrected chi connectivity index (χ1v) is 10.1. The maximum absolute atomic E-state index is 13.5. The van der Waals surface area contributed by atoms with Gasteiger partial charge in [0.05, 0.1) is 11.5 Å². The molecule has 1 N–H and O–H groups in total. The maximum Gasteiger partial charge on any atom is 0.239 e. The predicted octanol–water partition coefficient (Wildman–Crippen LogP) is 5.19. The predicted molar refractivity (Wildman–Crippen MR) is 115 cm³/mol. The number of anilines is 3. The number of amides is 1. The molecule has 2 heterocycles. The van der Waals surface area contributed by atoms with Crippen LogP contribution in [0.3, 0.4) is 0 Å². The molecule has 2 aromatic carbocycles. The second-order valence-corrected chi connectivity index (χ2v) is 8.50. The van der Waals surface area contributed by atoms with E-state index in [1.165, 1.54) is 5.56 Å². The molecule has 3 aromatic rings. The minimum atomic E-state index is -0.676. The van der Waals surface area contributed by atoms with Crippen LogP contribution in [0.15, 0.2) is 54.7 Å². The zero-order valence-corrected chi connectivity index (χ0v) is 17.1. The van der Waals surface area contributed by atoms with Crippen molar-refractivity contribution in [2.45, 2.75) is 38.1 Å². The molecule has 1 aliphatic heterocycles. The highest BCUT2D eigenvalue weighted by Gasteiger charge is 2.49. The fraction of sp³-hybridized carbons (Fsp3) is 0.261.